The van der Waals surface area contributed by atoms with Crippen LogP contribution in [0.15, 0.2) is 35.9 Å². The lowest BCUT2D eigenvalue weighted by molar-refractivity contribution is 0.336. The molecule has 0 saturated heterocycles. The summed E-state index contributed by atoms with van der Waals surface area (Å²) in [5, 5.41) is 4.26. The van der Waals surface area contributed by atoms with Gasteiger partial charge in [0.1, 0.15) is 0 Å². The summed E-state index contributed by atoms with van der Waals surface area (Å²) in [5.41, 5.74) is 2.19. The van der Waals surface area contributed by atoms with Crippen LogP contribution < -0.4 is 0 Å². The van der Waals surface area contributed by atoms with Crippen LogP contribution in [0.4, 0.5) is 0 Å². The van der Waals surface area contributed by atoms with Gasteiger partial charge in [-0.25, -0.2) is 4.98 Å². The average molecular weight is 232 g/mol. The number of aromatic nitrogens is 2. The van der Waals surface area contributed by atoms with Gasteiger partial charge in [-0.1, -0.05) is 12.1 Å². The zero-order valence-electron chi connectivity index (χ0n) is 9.91. The molecule has 0 aliphatic heterocycles. The number of aryl methyl sites for hydroxylation is 1. The summed E-state index contributed by atoms with van der Waals surface area (Å²) in [7, 11) is 1.69. The third-order valence-electron chi connectivity index (χ3n) is 2.80. The van der Waals surface area contributed by atoms with E-state index in [1.165, 1.54) is 5.01 Å². The summed E-state index contributed by atoms with van der Waals surface area (Å²) < 4.78 is 2.14. The Balaban J connectivity index is 1.89. The van der Waals surface area contributed by atoms with Gasteiger partial charge in [0.15, 0.2) is 0 Å². The minimum Gasteiger partial charge on any atom is -0.331 e. The van der Waals surface area contributed by atoms with Gasteiger partial charge in [-0.15, -0.1) is 4.91 Å². The highest BCUT2D eigenvalue weighted by molar-refractivity contribution is 5.74. The van der Waals surface area contributed by atoms with E-state index in [-0.39, 0.29) is 0 Å². The topological polar surface area (TPSA) is 50.5 Å². The Morgan fingerprint density at radius 3 is 3.00 bits per heavy atom. The smallest absolute Gasteiger partial charge is 0.0958 e. The number of para-hydroxylation sites is 2. The molecule has 0 aliphatic carbocycles. The molecular weight excluding hydrogens is 216 g/mol. The van der Waals surface area contributed by atoms with Crippen LogP contribution in [-0.4, -0.2) is 28.2 Å². The molecule has 0 aliphatic rings. The third kappa shape index (κ3) is 2.81. The normalized spacial score (nSPS) is 10.6. The van der Waals surface area contributed by atoms with E-state index in [1.807, 2.05) is 24.5 Å². The molecule has 0 spiro atoms. The van der Waals surface area contributed by atoms with Crippen molar-refractivity contribution in [2.75, 3.05) is 13.6 Å². The summed E-state index contributed by atoms with van der Waals surface area (Å²) >= 11 is 0. The molecule has 5 heteroatoms. The molecule has 1 aromatic heterocycles. The van der Waals surface area contributed by atoms with Crippen LogP contribution in [-0.2, 0) is 6.54 Å². The van der Waals surface area contributed by atoms with E-state index in [4.69, 9.17) is 0 Å². The quantitative estimate of drug-likeness (QED) is 0.436. The van der Waals surface area contributed by atoms with E-state index >= 15 is 0 Å². The first-order chi connectivity index (χ1) is 8.31. The molecule has 0 amide bonds. The highest BCUT2D eigenvalue weighted by Crippen LogP contribution is 2.12. The molecule has 0 radical (unpaired) electrons. The summed E-state index contributed by atoms with van der Waals surface area (Å²) in [6, 6.07) is 8.09. The lowest BCUT2D eigenvalue weighted by Gasteiger charge is -2.08. The maximum atomic E-state index is 10.2. The molecule has 0 saturated carbocycles. The van der Waals surface area contributed by atoms with Gasteiger partial charge in [0.25, 0.3) is 0 Å². The van der Waals surface area contributed by atoms with Gasteiger partial charge >= 0.3 is 0 Å². The summed E-state index contributed by atoms with van der Waals surface area (Å²) in [5.74, 6) is 0. The van der Waals surface area contributed by atoms with Gasteiger partial charge in [-0.05, 0) is 25.0 Å². The molecular formula is C12H16N4O. The van der Waals surface area contributed by atoms with Crippen LogP contribution in [0.25, 0.3) is 11.0 Å². The Morgan fingerprint density at radius 1 is 1.35 bits per heavy atom. The molecule has 0 N–H and O–H groups in total. The zero-order valence-corrected chi connectivity index (χ0v) is 9.91. The summed E-state index contributed by atoms with van der Waals surface area (Å²) in [6.45, 7) is 1.63. The Morgan fingerprint density at radius 2 is 2.18 bits per heavy atom. The maximum Gasteiger partial charge on any atom is 0.0958 e. The van der Waals surface area contributed by atoms with Crippen molar-refractivity contribution in [1.82, 2.24) is 14.6 Å². The van der Waals surface area contributed by atoms with E-state index in [1.54, 1.807) is 7.05 Å². The predicted molar refractivity (Wildman–Crippen MR) is 67.4 cm³/mol. The number of nitroso groups, excluding NO2 is 1. The van der Waals surface area contributed by atoms with E-state index in [2.05, 4.69) is 20.9 Å². The number of fused-ring (bicyclic) bond motifs is 1. The third-order valence-corrected chi connectivity index (χ3v) is 2.80. The number of nitrogens with zero attached hydrogens (tertiary/aromatic N) is 4. The number of imidazole rings is 1. The van der Waals surface area contributed by atoms with E-state index in [9.17, 15) is 4.91 Å². The SMILES string of the molecule is CN(CCCCn1cnc2ccccc21)N=O. The second-order valence-corrected chi connectivity index (χ2v) is 4.10. The van der Waals surface area contributed by atoms with Crippen molar-refractivity contribution in [1.29, 1.82) is 0 Å². The second-order valence-electron chi connectivity index (χ2n) is 4.10. The fourth-order valence-corrected chi connectivity index (χ4v) is 1.85. The molecule has 0 fully saturated rings. The van der Waals surface area contributed by atoms with Crippen molar-refractivity contribution in [2.45, 2.75) is 19.4 Å². The molecule has 90 valence electrons. The Bertz CT molecular complexity index is 494. The van der Waals surface area contributed by atoms with Crippen molar-refractivity contribution < 1.29 is 0 Å². The number of unbranched alkanes of at least 4 members (excludes halogenated alkanes) is 1. The van der Waals surface area contributed by atoms with Gasteiger partial charge in [-0.2, -0.15) is 0 Å². The summed E-state index contributed by atoms with van der Waals surface area (Å²) in [6.07, 6.45) is 3.83. The van der Waals surface area contributed by atoms with Crippen molar-refractivity contribution in [2.24, 2.45) is 5.29 Å². The van der Waals surface area contributed by atoms with E-state index < -0.39 is 0 Å². The zero-order chi connectivity index (χ0) is 12.1. The van der Waals surface area contributed by atoms with Gasteiger partial charge in [-0.3, -0.25) is 5.01 Å². The van der Waals surface area contributed by atoms with Crippen molar-refractivity contribution >= 4 is 11.0 Å². The molecule has 1 heterocycles. The number of hydrogen-bond donors (Lipinski definition) is 0. The van der Waals surface area contributed by atoms with Crippen molar-refractivity contribution in [3.8, 4) is 0 Å². The first-order valence-electron chi connectivity index (χ1n) is 5.75. The Kier molecular flexibility index (Phi) is 3.69. The van der Waals surface area contributed by atoms with Gasteiger partial charge < -0.3 is 4.57 Å². The first-order valence-corrected chi connectivity index (χ1v) is 5.75. The molecule has 17 heavy (non-hydrogen) atoms. The van der Waals surface area contributed by atoms with E-state index in [0.29, 0.717) is 6.54 Å². The van der Waals surface area contributed by atoms with Crippen molar-refractivity contribution in [3.05, 3.63) is 35.5 Å². The van der Waals surface area contributed by atoms with Crippen LogP contribution in [0.2, 0.25) is 0 Å². The number of hydrogen-bond acceptors (Lipinski definition) is 3. The van der Waals surface area contributed by atoms with Crippen LogP contribution in [0.1, 0.15) is 12.8 Å². The second kappa shape index (κ2) is 5.43. The van der Waals surface area contributed by atoms with Crippen LogP contribution in [0.5, 0.6) is 0 Å². The molecule has 0 atom stereocenters. The Hall–Kier alpha value is -1.91. The monoisotopic (exact) mass is 232 g/mol. The molecule has 1 aromatic carbocycles. The standard InChI is InChI=1S/C12H16N4O/c1-15(14-17)8-4-5-9-16-10-13-11-6-2-3-7-12(11)16/h2-3,6-7,10H,4-5,8-9H2,1H3. The highest BCUT2D eigenvalue weighted by atomic mass is 16.3. The minimum atomic E-state index is 0.704. The minimum absolute atomic E-state index is 0.704. The predicted octanol–water partition coefficient (Wildman–Crippen LogP) is 2.43. The lowest BCUT2D eigenvalue weighted by Crippen LogP contribution is -2.12. The van der Waals surface area contributed by atoms with E-state index in [0.717, 1.165) is 30.4 Å². The average Bonchev–Trinajstić information content (AvgIpc) is 2.78. The van der Waals surface area contributed by atoms with Crippen LogP contribution >= 0.6 is 0 Å². The molecule has 5 nitrogen and oxygen atoms in total. The largest absolute Gasteiger partial charge is 0.331 e. The maximum absolute atomic E-state index is 10.2. The number of benzene rings is 1. The Labute approximate surface area is 100 Å². The van der Waals surface area contributed by atoms with Gasteiger partial charge in [0.2, 0.25) is 0 Å². The first kappa shape index (κ1) is 11.6. The molecule has 0 bridgehead atoms. The number of rotatable bonds is 6. The molecule has 2 aromatic rings. The fraction of sp³-hybridized carbons (Fsp3) is 0.417. The highest BCUT2D eigenvalue weighted by Gasteiger charge is 2.01. The van der Waals surface area contributed by atoms with Crippen LogP contribution in [0, 0.1) is 4.91 Å². The van der Waals surface area contributed by atoms with Gasteiger partial charge in [0, 0.05) is 20.1 Å². The van der Waals surface area contributed by atoms with Crippen molar-refractivity contribution in [3.63, 3.8) is 0 Å². The summed E-state index contributed by atoms with van der Waals surface area (Å²) in [4.78, 5) is 14.5. The molecule has 0 unspecified atom stereocenters. The van der Waals surface area contributed by atoms with Crippen LogP contribution in [0.3, 0.4) is 0 Å². The molecule has 2 rings (SSSR count). The van der Waals surface area contributed by atoms with Gasteiger partial charge in [0.05, 0.1) is 22.6 Å². The fourth-order valence-electron chi connectivity index (χ4n) is 1.85. The lowest BCUT2D eigenvalue weighted by atomic mass is 10.3.